The Kier molecular flexibility index (Phi) is 3.49. The van der Waals surface area contributed by atoms with Crippen LogP contribution in [0.2, 0.25) is 0 Å². The van der Waals surface area contributed by atoms with Crippen LogP contribution >= 0.6 is 11.8 Å². The maximum atomic E-state index is 12.6. The van der Waals surface area contributed by atoms with E-state index in [2.05, 4.69) is 4.98 Å². The van der Waals surface area contributed by atoms with Crippen molar-refractivity contribution < 1.29 is 17.9 Å². The van der Waals surface area contributed by atoms with Crippen LogP contribution in [-0.4, -0.2) is 29.3 Å². The zero-order valence-electron chi connectivity index (χ0n) is 9.12. The zero-order valence-corrected chi connectivity index (χ0v) is 9.94. The van der Waals surface area contributed by atoms with Gasteiger partial charge in [-0.3, -0.25) is 5.41 Å². The number of rotatable bonds is 3. The first-order chi connectivity index (χ1) is 8.38. The highest BCUT2D eigenvalue weighted by Gasteiger charge is 2.34. The Morgan fingerprint density at radius 3 is 2.56 bits per heavy atom. The molecule has 0 radical (unpaired) electrons. The molecular weight excluding hydrogens is 267 g/mol. The standard InChI is InChI=1S/C10H10F3N3OS/c11-10(12,13)7-2-1-6(8(14)15)9(16-7)18-5-3-17-4-5/h1-2,5H,3-4H2,(H3,14,15). The van der Waals surface area contributed by atoms with Crippen molar-refractivity contribution >= 4 is 17.6 Å². The van der Waals surface area contributed by atoms with Gasteiger partial charge in [0.05, 0.1) is 18.5 Å². The number of halogens is 3. The Morgan fingerprint density at radius 2 is 2.11 bits per heavy atom. The molecule has 18 heavy (non-hydrogen) atoms. The average Bonchev–Trinajstić information content (AvgIpc) is 2.21. The second kappa shape index (κ2) is 4.77. The van der Waals surface area contributed by atoms with Crippen LogP contribution in [0.5, 0.6) is 0 Å². The van der Waals surface area contributed by atoms with Gasteiger partial charge in [-0.05, 0) is 12.1 Å². The first-order valence-corrected chi connectivity index (χ1v) is 5.93. The Balaban J connectivity index is 2.34. The van der Waals surface area contributed by atoms with Crippen LogP contribution in [0.3, 0.4) is 0 Å². The molecule has 98 valence electrons. The van der Waals surface area contributed by atoms with Gasteiger partial charge in [0.25, 0.3) is 0 Å². The lowest BCUT2D eigenvalue weighted by Crippen LogP contribution is -2.30. The van der Waals surface area contributed by atoms with Gasteiger partial charge in [-0.15, -0.1) is 0 Å². The van der Waals surface area contributed by atoms with Crippen molar-refractivity contribution in [3.8, 4) is 0 Å². The number of thioether (sulfide) groups is 1. The molecule has 1 saturated heterocycles. The Morgan fingerprint density at radius 1 is 1.44 bits per heavy atom. The molecule has 0 amide bonds. The van der Waals surface area contributed by atoms with Crippen molar-refractivity contribution in [2.45, 2.75) is 16.5 Å². The number of nitrogens with two attached hydrogens (primary N) is 1. The van der Waals surface area contributed by atoms with Crippen LogP contribution < -0.4 is 5.73 Å². The normalized spacial score (nSPS) is 16.4. The maximum absolute atomic E-state index is 12.6. The van der Waals surface area contributed by atoms with Crippen molar-refractivity contribution in [1.82, 2.24) is 4.98 Å². The highest BCUT2D eigenvalue weighted by atomic mass is 32.2. The van der Waals surface area contributed by atoms with Crippen molar-refractivity contribution in [3.63, 3.8) is 0 Å². The monoisotopic (exact) mass is 277 g/mol. The third-order valence-electron chi connectivity index (χ3n) is 2.33. The minimum Gasteiger partial charge on any atom is -0.384 e. The lowest BCUT2D eigenvalue weighted by molar-refractivity contribution is -0.141. The molecule has 8 heteroatoms. The molecule has 0 unspecified atom stereocenters. The van der Waals surface area contributed by atoms with Gasteiger partial charge in [0.1, 0.15) is 16.6 Å². The van der Waals surface area contributed by atoms with E-state index in [0.29, 0.717) is 13.2 Å². The molecule has 3 N–H and O–H groups in total. The van der Waals surface area contributed by atoms with E-state index in [1.54, 1.807) is 0 Å². The summed E-state index contributed by atoms with van der Waals surface area (Å²) < 4.78 is 42.6. The van der Waals surface area contributed by atoms with E-state index in [0.717, 1.165) is 17.8 Å². The summed E-state index contributed by atoms with van der Waals surface area (Å²) in [7, 11) is 0. The van der Waals surface area contributed by atoms with Gasteiger partial charge in [-0.2, -0.15) is 13.2 Å². The predicted octanol–water partition coefficient (Wildman–Crippen LogP) is 1.88. The Hall–Kier alpha value is -1.28. The minimum absolute atomic E-state index is 0.0686. The summed E-state index contributed by atoms with van der Waals surface area (Å²) in [5.74, 6) is -0.293. The number of hydrogen-bond acceptors (Lipinski definition) is 4. The molecule has 1 aromatic heterocycles. The number of ether oxygens (including phenoxy) is 1. The summed E-state index contributed by atoms with van der Waals surface area (Å²) in [5, 5.41) is 7.53. The number of pyridine rings is 1. The second-order valence-corrected chi connectivity index (χ2v) is 5.03. The quantitative estimate of drug-likeness (QED) is 0.653. The number of nitrogens with zero attached hydrogens (tertiary/aromatic N) is 1. The molecule has 1 aromatic rings. The van der Waals surface area contributed by atoms with Crippen LogP contribution in [0.15, 0.2) is 17.2 Å². The fraction of sp³-hybridized carbons (Fsp3) is 0.400. The van der Waals surface area contributed by atoms with Crippen LogP contribution in [0, 0.1) is 5.41 Å². The molecule has 0 aromatic carbocycles. The maximum Gasteiger partial charge on any atom is 0.433 e. The third kappa shape index (κ3) is 2.75. The summed E-state index contributed by atoms with van der Waals surface area (Å²) in [6, 6.07) is 2.01. The number of hydrogen-bond donors (Lipinski definition) is 2. The molecule has 0 aliphatic carbocycles. The fourth-order valence-electron chi connectivity index (χ4n) is 1.33. The lowest BCUT2D eigenvalue weighted by atomic mass is 10.2. The van der Waals surface area contributed by atoms with E-state index < -0.39 is 11.9 Å². The van der Waals surface area contributed by atoms with Crippen molar-refractivity contribution in [1.29, 1.82) is 5.41 Å². The molecule has 0 saturated carbocycles. The summed E-state index contributed by atoms with van der Waals surface area (Å²) >= 11 is 1.16. The second-order valence-electron chi connectivity index (χ2n) is 3.74. The van der Waals surface area contributed by atoms with E-state index in [1.807, 2.05) is 0 Å². The molecule has 1 aliphatic rings. The number of nitrogens with one attached hydrogen (secondary N) is 1. The summed E-state index contributed by atoms with van der Waals surface area (Å²) in [5.41, 5.74) is 4.57. The van der Waals surface area contributed by atoms with Crippen LogP contribution in [0.4, 0.5) is 13.2 Å². The van der Waals surface area contributed by atoms with Crippen LogP contribution in [0.1, 0.15) is 11.3 Å². The van der Waals surface area contributed by atoms with Gasteiger partial charge < -0.3 is 10.5 Å². The molecule has 0 atom stereocenters. The van der Waals surface area contributed by atoms with Crippen LogP contribution in [0.25, 0.3) is 0 Å². The van der Waals surface area contributed by atoms with Gasteiger partial charge in [0.15, 0.2) is 0 Å². The molecule has 1 aliphatic heterocycles. The largest absolute Gasteiger partial charge is 0.433 e. The van der Waals surface area contributed by atoms with Gasteiger partial charge in [-0.1, -0.05) is 11.8 Å². The SMILES string of the molecule is N=C(N)c1ccc(C(F)(F)F)nc1SC1COC1. The fourth-order valence-corrected chi connectivity index (χ4v) is 2.43. The van der Waals surface area contributed by atoms with Gasteiger partial charge in [0.2, 0.25) is 0 Å². The summed E-state index contributed by atoms with van der Waals surface area (Å²) in [4.78, 5) is 3.55. The highest BCUT2D eigenvalue weighted by molar-refractivity contribution is 8.00. The first kappa shape index (κ1) is 13.2. The summed E-state index contributed by atoms with van der Waals surface area (Å²) in [6.45, 7) is 0.944. The van der Waals surface area contributed by atoms with E-state index in [1.165, 1.54) is 6.07 Å². The number of nitrogen functional groups attached to an aromatic ring is 1. The minimum atomic E-state index is -4.50. The van der Waals surface area contributed by atoms with Gasteiger partial charge >= 0.3 is 6.18 Å². The number of amidine groups is 1. The topological polar surface area (TPSA) is 72.0 Å². The Labute approximate surface area is 105 Å². The summed E-state index contributed by atoms with van der Waals surface area (Å²) in [6.07, 6.45) is -4.50. The van der Waals surface area contributed by atoms with E-state index in [4.69, 9.17) is 15.9 Å². The van der Waals surface area contributed by atoms with Gasteiger partial charge in [-0.25, -0.2) is 4.98 Å². The zero-order chi connectivity index (χ0) is 13.3. The molecule has 4 nitrogen and oxygen atoms in total. The highest BCUT2D eigenvalue weighted by Crippen LogP contribution is 2.33. The smallest absolute Gasteiger partial charge is 0.384 e. The van der Waals surface area contributed by atoms with Crippen molar-refractivity contribution in [2.75, 3.05) is 13.2 Å². The number of alkyl halides is 3. The third-order valence-corrected chi connectivity index (χ3v) is 3.47. The van der Waals surface area contributed by atoms with Gasteiger partial charge in [0, 0.05) is 5.56 Å². The van der Waals surface area contributed by atoms with Crippen molar-refractivity contribution in [3.05, 3.63) is 23.4 Å². The van der Waals surface area contributed by atoms with Crippen LogP contribution in [-0.2, 0) is 10.9 Å². The molecule has 0 bridgehead atoms. The lowest BCUT2D eigenvalue weighted by Gasteiger charge is -2.25. The van der Waals surface area contributed by atoms with E-state index >= 15 is 0 Å². The molecular formula is C10H10F3N3OS. The first-order valence-electron chi connectivity index (χ1n) is 5.05. The molecule has 2 rings (SSSR count). The van der Waals surface area contributed by atoms with E-state index in [-0.39, 0.29) is 21.7 Å². The molecule has 0 spiro atoms. The number of aromatic nitrogens is 1. The average molecular weight is 277 g/mol. The Bertz CT molecular complexity index is 474. The van der Waals surface area contributed by atoms with Crippen molar-refractivity contribution in [2.24, 2.45) is 5.73 Å². The van der Waals surface area contributed by atoms with E-state index in [9.17, 15) is 13.2 Å². The predicted molar refractivity (Wildman–Crippen MR) is 60.7 cm³/mol. The molecule has 2 heterocycles. The molecule has 1 fully saturated rings.